The topological polar surface area (TPSA) is 29.9 Å². The SMILES string of the molecule is CCNC(Cc1nc2ccccc2n1C)C1C2CCCC21. The van der Waals surface area contributed by atoms with E-state index in [4.69, 9.17) is 4.98 Å². The molecule has 0 saturated heterocycles. The Morgan fingerprint density at radius 2 is 2.05 bits per heavy atom. The summed E-state index contributed by atoms with van der Waals surface area (Å²) in [5.41, 5.74) is 2.37. The van der Waals surface area contributed by atoms with Gasteiger partial charge in [-0.2, -0.15) is 0 Å². The molecule has 1 aromatic heterocycles. The van der Waals surface area contributed by atoms with Gasteiger partial charge in [0.1, 0.15) is 5.82 Å². The number of aromatic nitrogens is 2. The summed E-state index contributed by atoms with van der Waals surface area (Å²) < 4.78 is 2.28. The standard InChI is InChI=1S/C18H25N3/c1-3-19-15(18-12-7-6-8-13(12)18)11-17-20-14-9-4-5-10-16(14)21(17)2/h4-5,9-10,12-13,15,18-19H,3,6-8,11H2,1-2H3. The van der Waals surface area contributed by atoms with Crippen LogP contribution in [0, 0.1) is 17.8 Å². The van der Waals surface area contributed by atoms with Crippen LogP contribution in [-0.2, 0) is 13.5 Å². The van der Waals surface area contributed by atoms with Crippen molar-refractivity contribution in [2.75, 3.05) is 6.54 Å². The zero-order valence-corrected chi connectivity index (χ0v) is 13.0. The maximum absolute atomic E-state index is 4.86. The number of hydrogen-bond donors (Lipinski definition) is 1. The van der Waals surface area contributed by atoms with Gasteiger partial charge in [0.05, 0.1) is 11.0 Å². The van der Waals surface area contributed by atoms with Gasteiger partial charge in [0.25, 0.3) is 0 Å². The lowest BCUT2D eigenvalue weighted by atomic mass is 10.0. The molecule has 21 heavy (non-hydrogen) atoms. The fourth-order valence-electron chi connectivity index (χ4n) is 4.65. The van der Waals surface area contributed by atoms with E-state index in [-0.39, 0.29) is 0 Å². The van der Waals surface area contributed by atoms with E-state index in [0.29, 0.717) is 6.04 Å². The normalized spacial score (nSPS) is 28.8. The molecule has 0 bridgehead atoms. The summed E-state index contributed by atoms with van der Waals surface area (Å²) in [5, 5.41) is 3.74. The number of imidazole rings is 1. The quantitative estimate of drug-likeness (QED) is 0.913. The minimum Gasteiger partial charge on any atom is -0.331 e. The number of nitrogens with one attached hydrogen (secondary N) is 1. The van der Waals surface area contributed by atoms with E-state index in [0.717, 1.165) is 36.2 Å². The predicted molar refractivity (Wildman–Crippen MR) is 86.2 cm³/mol. The van der Waals surface area contributed by atoms with Crippen LogP contribution in [0.25, 0.3) is 11.0 Å². The number of likely N-dealkylation sites (N-methyl/N-ethyl adjacent to an activating group) is 1. The third kappa shape index (κ3) is 2.18. The summed E-state index contributed by atoms with van der Waals surface area (Å²) >= 11 is 0. The summed E-state index contributed by atoms with van der Waals surface area (Å²) in [6.07, 6.45) is 5.44. The smallest absolute Gasteiger partial charge is 0.111 e. The van der Waals surface area contributed by atoms with Crippen molar-refractivity contribution in [2.24, 2.45) is 24.8 Å². The highest BCUT2D eigenvalue weighted by molar-refractivity contribution is 5.75. The van der Waals surface area contributed by atoms with Crippen LogP contribution in [0.1, 0.15) is 32.0 Å². The zero-order chi connectivity index (χ0) is 14.4. The van der Waals surface area contributed by atoms with Crippen molar-refractivity contribution in [3.05, 3.63) is 30.1 Å². The van der Waals surface area contributed by atoms with Crippen molar-refractivity contribution < 1.29 is 0 Å². The number of fused-ring (bicyclic) bond motifs is 2. The van der Waals surface area contributed by atoms with E-state index >= 15 is 0 Å². The average molecular weight is 283 g/mol. The van der Waals surface area contributed by atoms with Crippen LogP contribution in [0.15, 0.2) is 24.3 Å². The minimum atomic E-state index is 0.612. The number of para-hydroxylation sites is 2. The molecular formula is C18H25N3. The Kier molecular flexibility index (Phi) is 3.26. The Labute approximate surface area is 126 Å². The largest absolute Gasteiger partial charge is 0.331 e. The molecule has 2 aliphatic carbocycles. The van der Waals surface area contributed by atoms with Crippen molar-refractivity contribution in [1.82, 2.24) is 14.9 Å². The van der Waals surface area contributed by atoms with Crippen molar-refractivity contribution >= 4 is 11.0 Å². The van der Waals surface area contributed by atoms with Crippen LogP contribution in [-0.4, -0.2) is 22.1 Å². The van der Waals surface area contributed by atoms with Crippen LogP contribution >= 0.6 is 0 Å². The summed E-state index contributed by atoms with van der Waals surface area (Å²) in [6, 6.07) is 9.07. The van der Waals surface area contributed by atoms with Crippen LogP contribution in [0.4, 0.5) is 0 Å². The first-order valence-electron chi connectivity index (χ1n) is 8.43. The van der Waals surface area contributed by atoms with Gasteiger partial charge in [-0.25, -0.2) is 4.98 Å². The lowest BCUT2D eigenvalue weighted by Crippen LogP contribution is -2.35. The summed E-state index contributed by atoms with van der Waals surface area (Å²) in [4.78, 5) is 4.86. The minimum absolute atomic E-state index is 0.612. The molecule has 1 aromatic carbocycles. The Balaban J connectivity index is 1.58. The van der Waals surface area contributed by atoms with Gasteiger partial charge in [0, 0.05) is 19.5 Å². The van der Waals surface area contributed by atoms with Crippen molar-refractivity contribution in [1.29, 1.82) is 0 Å². The molecule has 1 heterocycles. The molecule has 3 atom stereocenters. The Hall–Kier alpha value is -1.35. The third-order valence-corrected chi connectivity index (χ3v) is 5.69. The average Bonchev–Trinajstić information content (AvgIpc) is 2.83. The monoisotopic (exact) mass is 283 g/mol. The second-order valence-corrected chi connectivity index (χ2v) is 6.78. The first kappa shape index (κ1) is 13.3. The highest BCUT2D eigenvalue weighted by Gasteiger charge is 2.55. The van der Waals surface area contributed by atoms with Gasteiger partial charge in [0.2, 0.25) is 0 Å². The lowest BCUT2D eigenvalue weighted by Gasteiger charge is -2.19. The van der Waals surface area contributed by atoms with Crippen molar-refractivity contribution in [3.63, 3.8) is 0 Å². The fraction of sp³-hybridized carbons (Fsp3) is 0.611. The molecule has 3 heteroatoms. The summed E-state index contributed by atoms with van der Waals surface area (Å²) in [7, 11) is 2.15. The number of hydrogen-bond acceptors (Lipinski definition) is 2. The van der Waals surface area contributed by atoms with Gasteiger partial charge in [-0.05, 0) is 49.3 Å². The van der Waals surface area contributed by atoms with Gasteiger partial charge in [-0.3, -0.25) is 0 Å². The molecule has 1 N–H and O–H groups in total. The number of rotatable bonds is 5. The Morgan fingerprint density at radius 3 is 2.76 bits per heavy atom. The fourth-order valence-corrected chi connectivity index (χ4v) is 4.65. The van der Waals surface area contributed by atoms with E-state index in [1.165, 1.54) is 30.6 Å². The molecular weight excluding hydrogens is 258 g/mol. The maximum Gasteiger partial charge on any atom is 0.111 e. The second kappa shape index (κ2) is 5.13. The van der Waals surface area contributed by atoms with Crippen LogP contribution in [0.2, 0.25) is 0 Å². The number of aryl methyl sites for hydroxylation is 1. The van der Waals surface area contributed by atoms with E-state index in [2.05, 4.69) is 48.1 Å². The molecule has 0 amide bonds. The molecule has 112 valence electrons. The molecule has 0 spiro atoms. The Morgan fingerprint density at radius 1 is 1.29 bits per heavy atom. The highest BCUT2D eigenvalue weighted by atomic mass is 15.1. The Bertz CT molecular complexity index is 635. The van der Waals surface area contributed by atoms with E-state index in [1.807, 2.05) is 0 Å². The van der Waals surface area contributed by atoms with Crippen LogP contribution < -0.4 is 5.32 Å². The van der Waals surface area contributed by atoms with Crippen molar-refractivity contribution in [2.45, 2.75) is 38.6 Å². The summed E-state index contributed by atoms with van der Waals surface area (Å²) in [6.45, 7) is 3.28. The van der Waals surface area contributed by atoms with Gasteiger partial charge >= 0.3 is 0 Å². The molecule has 3 nitrogen and oxygen atoms in total. The van der Waals surface area contributed by atoms with Gasteiger partial charge in [-0.15, -0.1) is 0 Å². The molecule has 2 saturated carbocycles. The molecule has 2 fully saturated rings. The maximum atomic E-state index is 4.86. The second-order valence-electron chi connectivity index (χ2n) is 6.78. The number of nitrogens with zero attached hydrogens (tertiary/aromatic N) is 2. The molecule has 2 aliphatic rings. The zero-order valence-electron chi connectivity index (χ0n) is 13.0. The third-order valence-electron chi connectivity index (χ3n) is 5.69. The number of benzene rings is 1. The lowest BCUT2D eigenvalue weighted by molar-refractivity contribution is 0.403. The molecule has 4 rings (SSSR count). The van der Waals surface area contributed by atoms with Crippen LogP contribution in [0.3, 0.4) is 0 Å². The van der Waals surface area contributed by atoms with Gasteiger partial charge in [0.15, 0.2) is 0 Å². The molecule has 0 aliphatic heterocycles. The van der Waals surface area contributed by atoms with Crippen LogP contribution in [0.5, 0.6) is 0 Å². The van der Waals surface area contributed by atoms with E-state index < -0.39 is 0 Å². The van der Waals surface area contributed by atoms with Crippen molar-refractivity contribution in [3.8, 4) is 0 Å². The molecule has 2 aromatic rings. The predicted octanol–water partition coefficient (Wildman–Crippen LogP) is 3.14. The summed E-state index contributed by atoms with van der Waals surface area (Å²) in [5.74, 6) is 4.14. The molecule has 3 unspecified atom stereocenters. The first-order valence-corrected chi connectivity index (χ1v) is 8.43. The van der Waals surface area contributed by atoms with E-state index in [1.54, 1.807) is 0 Å². The van der Waals surface area contributed by atoms with Gasteiger partial charge in [-0.1, -0.05) is 25.5 Å². The van der Waals surface area contributed by atoms with E-state index in [9.17, 15) is 0 Å². The first-order chi connectivity index (χ1) is 10.3. The van der Waals surface area contributed by atoms with Gasteiger partial charge < -0.3 is 9.88 Å². The highest BCUT2D eigenvalue weighted by Crippen LogP contribution is 2.59. The molecule has 0 radical (unpaired) electrons.